The van der Waals surface area contributed by atoms with Gasteiger partial charge in [-0.25, -0.2) is 9.59 Å². The average molecular weight is 983 g/mol. The highest BCUT2D eigenvalue weighted by Crippen LogP contribution is 2.36. The summed E-state index contributed by atoms with van der Waals surface area (Å²) in [6, 6.07) is 21.7. The number of carbonyl (C=O) groups excluding carboxylic acids is 2. The topological polar surface area (TPSA) is 139 Å². The number of unbranched alkanes of at least 4 members (excludes halogenated alkanes) is 26. The van der Waals surface area contributed by atoms with Gasteiger partial charge in [0.15, 0.2) is 5.75 Å². The van der Waals surface area contributed by atoms with Crippen LogP contribution in [0.5, 0.6) is 23.0 Å². The highest BCUT2D eigenvalue weighted by molar-refractivity contribution is 6.33. The summed E-state index contributed by atoms with van der Waals surface area (Å²) in [5.74, 6) is 0.0871. The predicted octanol–water partition coefficient (Wildman–Crippen LogP) is 18.8. The van der Waals surface area contributed by atoms with Crippen LogP contribution in [0.3, 0.4) is 0 Å². The molecule has 0 spiro atoms. The molecule has 0 aliphatic carbocycles. The Morgan fingerprint density at radius 2 is 0.814 bits per heavy atom. The molecule has 0 bridgehead atoms. The monoisotopic (exact) mass is 982 g/mol. The zero-order valence-electron chi connectivity index (χ0n) is 42.3. The van der Waals surface area contributed by atoms with E-state index in [-0.39, 0.29) is 39.1 Å². The Morgan fingerprint density at radius 1 is 0.457 bits per heavy atom. The summed E-state index contributed by atoms with van der Waals surface area (Å²) in [5, 5.41) is 19.6. The van der Waals surface area contributed by atoms with Crippen molar-refractivity contribution in [2.24, 2.45) is 10.2 Å². The van der Waals surface area contributed by atoms with E-state index in [1.807, 2.05) is 0 Å². The van der Waals surface area contributed by atoms with Crippen LogP contribution in [-0.2, 0) is 0 Å². The van der Waals surface area contributed by atoms with E-state index in [4.69, 9.17) is 30.5 Å². The van der Waals surface area contributed by atoms with E-state index in [0.29, 0.717) is 30.3 Å². The second-order valence-corrected chi connectivity index (χ2v) is 18.8. The van der Waals surface area contributed by atoms with Crippen molar-refractivity contribution >= 4 is 40.6 Å². The van der Waals surface area contributed by atoms with Crippen LogP contribution in [0.25, 0.3) is 0 Å². The molecule has 0 atom stereocenters. The average Bonchev–Trinajstić information content (AvgIpc) is 3.36. The number of halogens is 1. The molecule has 12 heteroatoms. The van der Waals surface area contributed by atoms with Crippen LogP contribution >= 0.6 is 11.6 Å². The Kier molecular flexibility index (Phi) is 29.3. The molecule has 11 nitrogen and oxygen atoms in total. The van der Waals surface area contributed by atoms with Crippen LogP contribution in [0.2, 0.25) is 5.02 Å². The van der Waals surface area contributed by atoms with Gasteiger partial charge in [-0.05, 0) is 79.6 Å². The molecular formula is C58H80ClN3O8. The third-order valence-electron chi connectivity index (χ3n) is 12.5. The molecule has 0 aromatic heterocycles. The summed E-state index contributed by atoms with van der Waals surface area (Å²) in [4.78, 5) is 37.4. The Labute approximate surface area is 423 Å². The number of azo groups is 1. The summed E-state index contributed by atoms with van der Waals surface area (Å²) in [6.07, 6.45) is 36.3. The van der Waals surface area contributed by atoms with Crippen LogP contribution in [0.4, 0.5) is 17.1 Å². The lowest BCUT2D eigenvalue weighted by molar-refractivity contribution is -0.384. The molecule has 0 saturated heterocycles. The number of rotatable bonds is 39. The van der Waals surface area contributed by atoms with Crippen LogP contribution in [0, 0.1) is 10.1 Å². The number of nitrogens with zero attached hydrogens (tertiary/aromatic N) is 3. The van der Waals surface area contributed by atoms with E-state index in [9.17, 15) is 19.7 Å². The SMILES string of the molecule is CCCCCCCCCCCCCCCCOc1ccc(C(=O)Oc2ccc(N=Nc3ccc([N+](=O)[O-])cc3Cl)c(OC(=O)c3ccc(OCCCCCCCCCCCCCCCC)cc3)c2)cc1. The summed E-state index contributed by atoms with van der Waals surface area (Å²) >= 11 is 6.26. The number of nitro groups is 1. The number of ether oxygens (including phenoxy) is 4. The van der Waals surface area contributed by atoms with Crippen molar-refractivity contribution in [1.29, 1.82) is 0 Å². The first-order valence-corrected chi connectivity index (χ1v) is 27.0. The van der Waals surface area contributed by atoms with Gasteiger partial charge in [0.1, 0.15) is 28.6 Å². The predicted molar refractivity (Wildman–Crippen MR) is 283 cm³/mol. The van der Waals surface area contributed by atoms with Gasteiger partial charge in [-0.15, -0.1) is 10.2 Å². The molecule has 0 aliphatic heterocycles. The molecular weight excluding hydrogens is 902 g/mol. The largest absolute Gasteiger partial charge is 0.494 e. The number of esters is 2. The Hall–Kier alpha value is -5.29. The van der Waals surface area contributed by atoms with E-state index in [1.165, 1.54) is 190 Å². The zero-order chi connectivity index (χ0) is 49.9. The fourth-order valence-corrected chi connectivity index (χ4v) is 8.41. The molecule has 0 heterocycles. The van der Waals surface area contributed by atoms with Crippen LogP contribution in [0.15, 0.2) is 95.2 Å². The second-order valence-electron chi connectivity index (χ2n) is 18.4. The van der Waals surface area contributed by atoms with Crippen molar-refractivity contribution in [1.82, 2.24) is 0 Å². The lowest BCUT2D eigenvalue weighted by Crippen LogP contribution is -2.10. The second kappa shape index (κ2) is 35.8. The standard InChI is InChI=1S/C58H80ClN3O8/c1-3-5-7-9-11-13-15-17-19-21-23-25-27-29-43-67-50-36-31-47(32-37-50)57(63)69-52-40-42-55(61-60-54-41-35-49(62(65)66)45-53(54)59)56(46-52)70-58(64)48-33-38-51(39-34-48)68-44-30-28-26-24-22-20-18-16-14-12-10-8-6-4-2/h31-42,45-46H,3-30,43-44H2,1-2H3. The van der Waals surface area contributed by atoms with Crippen LogP contribution in [-0.4, -0.2) is 30.1 Å². The van der Waals surface area contributed by atoms with E-state index in [1.54, 1.807) is 48.5 Å². The minimum Gasteiger partial charge on any atom is -0.494 e. The molecule has 0 amide bonds. The zero-order valence-corrected chi connectivity index (χ0v) is 43.0. The van der Waals surface area contributed by atoms with Crippen molar-refractivity contribution < 1.29 is 33.5 Å². The molecule has 4 aromatic rings. The quantitative estimate of drug-likeness (QED) is 0.0108. The van der Waals surface area contributed by atoms with Crippen LogP contribution in [0.1, 0.15) is 214 Å². The van der Waals surface area contributed by atoms with Gasteiger partial charge in [0.05, 0.1) is 34.3 Å². The number of hydrogen-bond donors (Lipinski definition) is 0. The Morgan fingerprint density at radius 3 is 1.21 bits per heavy atom. The first-order valence-electron chi connectivity index (χ1n) is 26.7. The first kappa shape index (κ1) is 57.3. The summed E-state index contributed by atoms with van der Waals surface area (Å²) < 4.78 is 23.4. The third-order valence-corrected chi connectivity index (χ3v) is 12.8. The maximum absolute atomic E-state index is 13.5. The number of benzene rings is 4. The molecule has 0 unspecified atom stereocenters. The molecule has 0 saturated carbocycles. The molecule has 0 N–H and O–H groups in total. The van der Waals surface area contributed by atoms with Gasteiger partial charge in [-0.1, -0.05) is 192 Å². The molecule has 70 heavy (non-hydrogen) atoms. The van der Waals surface area contributed by atoms with Crippen molar-refractivity contribution in [3.05, 3.63) is 111 Å². The first-order chi connectivity index (χ1) is 34.3. The number of nitro benzene ring substituents is 1. The van der Waals surface area contributed by atoms with Gasteiger partial charge in [-0.3, -0.25) is 10.1 Å². The number of non-ortho nitro benzene ring substituents is 1. The van der Waals surface area contributed by atoms with E-state index in [0.717, 1.165) is 25.7 Å². The molecule has 4 rings (SSSR count). The van der Waals surface area contributed by atoms with Crippen molar-refractivity contribution in [3.8, 4) is 23.0 Å². The fourth-order valence-electron chi connectivity index (χ4n) is 8.19. The van der Waals surface area contributed by atoms with Crippen molar-refractivity contribution in [2.45, 2.75) is 194 Å². The van der Waals surface area contributed by atoms with E-state index in [2.05, 4.69) is 24.1 Å². The van der Waals surface area contributed by atoms with Crippen molar-refractivity contribution in [3.63, 3.8) is 0 Å². The third kappa shape index (κ3) is 24.0. The molecule has 0 aliphatic rings. The minimum atomic E-state index is -0.684. The minimum absolute atomic E-state index is 0.0138. The maximum atomic E-state index is 13.5. The summed E-state index contributed by atoms with van der Waals surface area (Å²) in [7, 11) is 0. The van der Waals surface area contributed by atoms with Gasteiger partial charge >= 0.3 is 11.9 Å². The van der Waals surface area contributed by atoms with Crippen LogP contribution < -0.4 is 18.9 Å². The highest BCUT2D eigenvalue weighted by Gasteiger charge is 2.17. The summed E-state index contributed by atoms with van der Waals surface area (Å²) in [5.41, 5.74) is 0.663. The van der Waals surface area contributed by atoms with Crippen molar-refractivity contribution in [2.75, 3.05) is 13.2 Å². The molecule has 0 radical (unpaired) electrons. The lowest BCUT2D eigenvalue weighted by Gasteiger charge is -2.11. The van der Waals surface area contributed by atoms with Gasteiger partial charge < -0.3 is 18.9 Å². The molecule has 382 valence electrons. The van der Waals surface area contributed by atoms with E-state index >= 15 is 0 Å². The highest BCUT2D eigenvalue weighted by atomic mass is 35.5. The van der Waals surface area contributed by atoms with Gasteiger partial charge in [-0.2, -0.15) is 0 Å². The smallest absolute Gasteiger partial charge is 0.343 e. The Bertz CT molecular complexity index is 2110. The molecule has 4 aromatic carbocycles. The van der Waals surface area contributed by atoms with Gasteiger partial charge in [0.25, 0.3) is 5.69 Å². The van der Waals surface area contributed by atoms with Gasteiger partial charge in [0.2, 0.25) is 0 Å². The molecule has 0 fully saturated rings. The number of carbonyl (C=O) groups is 2. The number of hydrogen-bond acceptors (Lipinski definition) is 10. The normalized spacial score (nSPS) is 11.2. The lowest BCUT2D eigenvalue weighted by atomic mass is 10.0. The van der Waals surface area contributed by atoms with E-state index < -0.39 is 16.9 Å². The summed E-state index contributed by atoms with van der Waals surface area (Å²) in [6.45, 7) is 5.73. The fraction of sp³-hybridized carbons (Fsp3) is 0.552. The maximum Gasteiger partial charge on any atom is 0.343 e. The van der Waals surface area contributed by atoms with Gasteiger partial charge in [0, 0.05) is 18.2 Å². The Balaban J connectivity index is 1.23.